The van der Waals surface area contributed by atoms with E-state index in [2.05, 4.69) is 4.98 Å². The van der Waals surface area contributed by atoms with Crippen molar-refractivity contribution >= 4 is 5.91 Å². The fraction of sp³-hybridized carbons (Fsp3) is 0.455. The first-order chi connectivity index (χ1) is 8.58. The third-order valence-electron chi connectivity index (χ3n) is 2.32. The van der Waals surface area contributed by atoms with E-state index in [1.807, 2.05) is 0 Å². The van der Waals surface area contributed by atoms with E-state index >= 15 is 0 Å². The topological polar surface area (TPSA) is 70.1 Å². The van der Waals surface area contributed by atoms with Gasteiger partial charge in [0.25, 0.3) is 11.8 Å². The Morgan fingerprint density at radius 3 is 2.28 bits per heavy atom. The summed E-state index contributed by atoms with van der Waals surface area (Å²) in [5.74, 6) is 0.255. The summed E-state index contributed by atoms with van der Waals surface area (Å²) in [4.78, 5) is 20.9. The van der Waals surface area contributed by atoms with Crippen LogP contribution in [0.15, 0.2) is 6.07 Å². The monoisotopic (exact) mass is 256 g/mol. The molecule has 0 atom stereocenters. The molecule has 0 unspecified atom stereocenters. The Morgan fingerprint density at radius 2 is 1.83 bits per heavy atom. The van der Waals surface area contributed by atoms with Crippen LogP contribution in [0.3, 0.4) is 0 Å². The molecule has 1 heterocycles. The average molecular weight is 256 g/mol. The zero-order valence-corrected chi connectivity index (χ0v) is 11.0. The number of hydroxylamine groups is 2. The molecule has 1 rings (SSSR count). The van der Waals surface area contributed by atoms with E-state index in [0.29, 0.717) is 0 Å². The molecular weight excluding hydrogens is 240 g/mol. The number of ether oxygens (including phenoxy) is 3. The lowest BCUT2D eigenvalue weighted by atomic mass is 10.2. The number of amides is 1. The number of methoxy groups -OCH3 is 3. The first kappa shape index (κ1) is 14.0. The number of hydrogen-bond donors (Lipinski definition) is 0. The molecule has 1 aromatic heterocycles. The standard InChI is InChI=1S/C11H16N2O5/c1-13(18-5)11(14)7-6-8(15-2)12-10(17-4)9(7)16-3/h6H,1-5H3. The molecule has 0 aliphatic carbocycles. The number of carbonyl (C=O) groups excluding carboxylic acids is 1. The molecule has 0 radical (unpaired) electrons. The van der Waals surface area contributed by atoms with Gasteiger partial charge < -0.3 is 14.2 Å². The number of carbonyl (C=O) groups is 1. The summed E-state index contributed by atoms with van der Waals surface area (Å²) in [5.41, 5.74) is 0.241. The Kier molecular flexibility index (Phi) is 4.73. The van der Waals surface area contributed by atoms with E-state index in [4.69, 9.17) is 19.0 Å². The maximum Gasteiger partial charge on any atom is 0.281 e. The van der Waals surface area contributed by atoms with Crippen LogP contribution in [0.1, 0.15) is 10.4 Å². The summed E-state index contributed by atoms with van der Waals surface area (Å²) >= 11 is 0. The van der Waals surface area contributed by atoms with Gasteiger partial charge in [0.05, 0.1) is 34.0 Å². The Balaban J connectivity index is 3.35. The maximum absolute atomic E-state index is 12.1. The number of aromatic nitrogens is 1. The highest BCUT2D eigenvalue weighted by molar-refractivity contribution is 5.97. The first-order valence-corrected chi connectivity index (χ1v) is 5.08. The predicted molar refractivity (Wildman–Crippen MR) is 63.0 cm³/mol. The normalized spacial score (nSPS) is 9.83. The number of nitrogens with zero attached hydrogens (tertiary/aromatic N) is 2. The highest BCUT2D eigenvalue weighted by Gasteiger charge is 2.23. The van der Waals surface area contributed by atoms with Gasteiger partial charge in [-0.1, -0.05) is 0 Å². The highest BCUT2D eigenvalue weighted by atomic mass is 16.7. The molecule has 0 aromatic carbocycles. The molecule has 7 nitrogen and oxygen atoms in total. The molecule has 18 heavy (non-hydrogen) atoms. The van der Waals surface area contributed by atoms with Gasteiger partial charge in [-0.2, -0.15) is 4.98 Å². The molecular formula is C11H16N2O5. The second-order valence-electron chi connectivity index (χ2n) is 3.24. The van der Waals surface area contributed by atoms with E-state index in [9.17, 15) is 4.79 Å². The van der Waals surface area contributed by atoms with Gasteiger partial charge in [0, 0.05) is 13.1 Å². The molecule has 0 aliphatic heterocycles. The van der Waals surface area contributed by atoms with Gasteiger partial charge in [-0.05, 0) is 0 Å². The predicted octanol–water partition coefficient (Wildman–Crippen LogP) is 0.741. The molecule has 1 amide bonds. The first-order valence-electron chi connectivity index (χ1n) is 5.08. The second-order valence-corrected chi connectivity index (χ2v) is 3.24. The Labute approximate surface area is 105 Å². The van der Waals surface area contributed by atoms with Crippen LogP contribution in [0.25, 0.3) is 0 Å². The van der Waals surface area contributed by atoms with Crippen LogP contribution in [0, 0.1) is 0 Å². The number of rotatable bonds is 5. The van der Waals surface area contributed by atoms with E-state index in [1.54, 1.807) is 0 Å². The Bertz CT molecular complexity index is 436. The van der Waals surface area contributed by atoms with E-state index < -0.39 is 5.91 Å². The summed E-state index contributed by atoms with van der Waals surface area (Å²) < 4.78 is 15.2. The molecule has 0 fully saturated rings. The van der Waals surface area contributed by atoms with Crippen molar-refractivity contribution in [2.75, 3.05) is 35.5 Å². The maximum atomic E-state index is 12.1. The molecule has 100 valence electrons. The lowest BCUT2D eigenvalue weighted by Gasteiger charge is -2.17. The van der Waals surface area contributed by atoms with E-state index in [0.717, 1.165) is 5.06 Å². The lowest BCUT2D eigenvalue weighted by molar-refractivity contribution is -0.0758. The summed E-state index contributed by atoms with van der Waals surface area (Å²) in [6.45, 7) is 0. The van der Waals surface area contributed by atoms with Crippen LogP contribution in [0.4, 0.5) is 0 Å². The van der Waals surface area contributed by atoms with Crippen LogP contribution < -0.4 is 14.2 Å². The molecule has 0 bridgehead atoms. The van der Waals surface area contributed by atoms with Crippen LogP contribution in [0.5, 0.6) is 17.5 Å². The highest BCUT2D eigenvalue weighted by Crippen LogP contribution is 2.32. The third kappa shape index (κ3) is 2.62. The fourth-order valence-corrected chi connectivity index (χ4v) is 1.34. The van der Waals surface area contributed by atoms with Gasteiger partial charge >= 0.3 is 0 Å². The van der Waals surface area contributed by atoms with Crippen molar-refractivity contribution in [2.45, 2.75) is 0 Å². The van der Waals surface area contributed by atoms with Crippen LogP contribution in [0.2, 0.25) is 0 Å². The summed E-state index contributed by atoms with van der Waals surface area (Å²) in [5, 5.41) is 1.07. The zero-order valence-electron chi connectivity index (χ0n) is 11.0. The minimum absolute atomic E-state index is 0.171. The van der Waals surface area contributed by atoms with Crippen LogP contribution in [-0.4, -0.2) is 51.4 Å². The van der Waals surface area contributed by atoms with Gasteiger partial charge in [-0.15, -0.1) is 0 Å². The van der Waals surface area contributed by atoms with Gasteiger partial charge in [-0.25, -0.2) is 5.06 Å². The van der Waals surface area contributed by atoms with Crippen molar-refractivity contribution in [3.05, 3.63) is 11.6 Å². The SMILES string of the molecule is COc1cc(C(=O)N(C)OC)c(OC)c(OC)n1. The van der Waals surface area contributed by atoms with Crippen molar-refractivity contribution in [3.63, 3.8) is 0 Å². The van der Waals surface area contributed by atoms with Crippen molar-refractivity contribution in [3.8, 4) is 17.5 Å². The van der Waals surface area contributed by atoms with Crippen molar-refractivity contribution in [2.24, 2.45) is 0 Å². The largest absolute Gasteiger partial charge is 0.491 e. The average Bonchev–Trinajstić information content (AvgIpc) is 2.43. The lowest BCUT2D eigenvalue weighted by Crippen LogP contribution is -2.26. The minimum atomic E-state index is -0.395. The van der Waals surface area contributed by atoms with Crippen molar-refractivity contribution in [1.29, 1.82) is 0 Å². The fourth-order valence-electron chi connectivity index (χ4n) is 1.34. The van der Waals surface area contributed by atoms with Crippen molar-refractivity contribution < 1.29 is 23.8 Å². The van der Waals surface area contributed by atoms with Crippen LogP contribution >= 0.6 is 0 Å². The van der Waals surface area contributed by atoms with E-state index in [-0.39, 0.29) is 23.1 Å². The zero-order chi connectivity index (χ0) is 13.7. The number of pyridine rings is 1. The summed E-state index contributed by atoms with van der Waals surface area (Å²) in [6.07, 6.45) is 0. The van der Waals surface area contributed by atoms with Crippen LogP contribution in [-0.2, 0) is 4.84 Å². The van der Waals surface area contributed by atoms with Crippen molar-refractivity contribution in [1.82, 2.24) is 10.0 Å². The molecule has 7 heteroatoms. The molecule has 0 saturated heterocycles. The quantitative estimate of drug-likeness (QED) is 0.724. The molecule has 1 aromatic rings. The number of hydrogen-bond acceptors (Lipinski definition) is 6. The minimum Gasteiger partial charge on any atom is -0.491 e. The Morgan fingerprint density at radius 1 is 1.17 bits per heavy atom. The molecule has 0 saturated carbocycles. The van der Waals surface area contributed by atoms with Gasteiger partial charge in [-0.3, -0.25) is 9.63 Å². The van der Waals surface area contributed by atoms with E-state index in [1.165, 1.54) is 41.6 Å². The molecule has 0 N–H and O–H groups in total. The molecule has 0 aliphatic rings. The van der Waals surface area contributed by atoms with Gasteiger partial charge in [0.1, 0.15) is 0 Å². The molecule has 0 spiro atoms. The third-order valence-corrected chi connectivity index (χ3v) is 2.32. The second kappa shape index (κ2) is 6.06. The smallest absolute Gasteiger partial charge is 0.281 e. The van der Waals surface area contributed by atoms with Gasteiger partial charge in [0.15, 0.2) is 5.75 Å². The summed E-state index contributed by atoms with van der Waals surface area (Å²) in [7, 11) is 7.18. The Hall–Kier alpha value is -2.02. The van der Waals surface area contributed by atoms with Gasteiger partial charge in [0.2, 0.25) is 5.88 Å². The summed E-state index contributed by atoms with van der Waals surface area (Å²) in [6, 6.07) is 1.46.